The van der Waals surface area contributed by atoms with Crippen molar-refractivity contribution in [1.82, 2.24) is 5.32 Å². The van der Waals surface area contributed by atoms with E-state index in [0.717, 1.165) is 41.9 Å². The molecule has 18 heavy (non-hydrogen) atoms. The standard InChI is InChI=1S/C15H17NO2/c1-17-14-8-4-5-11-9-13(18-15(11)14)10-16-12-6-2-3-7-12/h2-5,8-9,12,16H,6-7,10H2,1H3. The van der Waals surface area contributed by atoms with Gasteiger partial charge in [-0.25, -0.2) is 0 Å². The Balaban J connectivity index is 1.76. The lowest BCUT2D eigenvalue weighted by Gasteiger charge is -2.09. The molecule has 0 fully saturated rings. The molecule has 0 bridgehead atoms. The molecule has 0 radical (unpaired) electrons. The molecule has 3 nitrogen and oxygen atoms in total. The third-order valence-electron chi connectivity index (χ3n) is 3.35. The van der Waals surface area contributed by atoms with Gasteiger partial charge in [-0.05, 0) is 25.0 Å². The lowest BCUT2D eigenvalue weighted by atomic mass is 10.2. The number of methoxy groups -OCH3 is 1. The number of hydrogen-bond donors (Lipinski definition) is 1. The average Bonchev–Trinajstić information content (AvgIpc) is 3.04. The summed E-state index contributed by atoms with van der Waals surface area (Å²) in [5, 5.41) is 4.59. The molecule has 0 unspecified atom stereocenters. The van der Waals surface area contributed by atoms with Crippen molar-refractivity contribution in [2.45, 2.75) is 25.4 Å². The normalized spacial score (nSPS) is 15.6. The summed E-state index contributed by atoms with van der Waals surface area (Å²) >= 11 is 0. The van der Waals surface area contributed by atoms with Crippen molar-refractivity contribution < 1.29 is 9.15 Å². The first-order chi connectivity index (χ1) is 8.86. The summed E-state index contributed by atoms with van der Waals surface area (Å²) in [6.07, 6.45) is 6.67. The molecule has 1 heterocycles. The predicted octanol–water partition coefficient (Wildman–Crippen LogP) is 3.25. The second kappa shape index (κ2) is 4.86. The Labute approximate surface area is 106 Å². The van der Waals surface area contributed by atoms with Gasteiger partial charge in [-0.3, -0.25) is 0 Å². The molecular weight excluding hydrogens is 226 g/mol. The topological polar surface area (TPSA) is 34.4 Å². The number of nitrogens with one attached hydrogen (secondary N) is 1. The second-order valence-electron chi connectivity index (χ2n) is 4.61. The molecule has 1 N–H and O–H groups in total. The monoisotopic (exact) mass is 243 g/mol. The zero-order valence-electron chi connectivity index (χ0n) is 10.5. The molecule has 0 saturated heterocycles. The summed E-state index contributed by atoms with van der Waals surface area (Å²) < 4.78 is 11.1. The first-order valence-corrected chi connectivity index (χ1v) is 6.30. The third-order valence-corrected chi connectivity index (χ3v) is 3.35. The highest BCUT2D eigenvalue weighted by Crippen LogP contribution is 2.28. The van der Waals surface area contributed by atoms with Crippen molar-refractivity contribution in [3.63, 3.8) is 0 Å². The van der Waals surface area contributed by atoms with Gasteiger partial charge in [0.15, 0.2) is 11.3 Å². The second-order valence-corrected chi connectivity index (χ2v) is 4.61. The molecule has 94 valence electrons. The molecule has 0 amide bonds. The van der Waals surface area contributed by atoms with Crippen LogP contribution in [-0.2, 0) is 6.54 Å². The van der Waals surface area contributed by atoms with Crippen molar-refractivity contribution >= 4 is 11.0 Å². The quantitative estimate of drug-likeness (QED) is 0.837. The molecule has 3 heteroatoms. The van der Waals surface area contributed by atoms with Gasteiger partial charge in [0.2, 0.25) is 0 Å². The van der Waals surface area contributed by atoms with Crippen LogP contribution in [0, 0.1) is 0 Å². The predicted molar refractivity (Wildman–Crippen MR) is 71.8 cm³/mol. The van der Waals surface area contributed by atoms with Gasteiger partial charge in [0.05, 0.1) is 13.7 Å². The summed E-state index contributed by atoms with van der Waals surface area (Å²) in [6.45, 7) is 0.768. The van der Waals surface area contributed by atoms with Gasteiger partial charge in [0, 0.05) is 11.4 Å². The van der Waals surface area contributed by atoms with Crippen LogP contribution in [0.5, 0.6) is 5.75 Å². The van der Waals surface area contributed by atoms with E-state index in [-0.39, 0.29) is 0 Å². The summed E-state index contributed by atoms with van der Waals surface area (Å²) in [5.74, 6) is 1.75. The Bertz CT molecular complexity index is 563. The van der Waals surface area contributed by atoms with E-state index in [1.54, 1.807) is 7.11 Å². The zero-order chi connectivity index (χ0) is 12.4. The lowest BCUT2D eigenvalue weighted by Crippen LogP contribution is -2.25. The molecule has 0 atom stereocenters. The van der Waals surface area contributed by atoms with Crippen molar-refractivity contribution in [1.29, 1.82) is 0 Å². The highest BCUT2D eigenvalue weighted by atomic mass is 16.5. The molecule has 2 aromatic rings. The minimum Gasteiger partial charge on any atom is -0.493 e. The van der Waals surface area contributed by atoms with Crippen LogP contribution in [0.25, 0.3) is 11.0 Å². The summed E-state index contributed by atoms with van der Waals surface area (Å²) in [7, 11) is 1.67. The number of furan rings is 1. The summed E-state index contributed by atoms with van der Waals surface area (Å²) in [6, 6.07) is 8.58. The van der Waals surface area contributed by atoms with Gasteiger partial charge < -0.3 is 14.5 Å². The van der Waals surface area contributed by atoms with E-state index in [4.69, 9.17) is 9.15 Å². The van der Waals surface area contributed by atoms with Gasteiger partial charge >= 0.3 is 0 Å². The van der Waals surface area contributed by atoms with Crippen LogP contribution < -0.4 is 10.1 Å². The Morgan fingerprint density at radius 1 is 1.33 bits per heavy atom. The highest BCUT2D eigenvalue weighted by molar-refractivity contribution is 5.83. The van der Waals surface area contributed by atoms with Gasteiger partial charge in [-0.2, -0.15) is 0 Å². The van der Waals surface area contributed by atoms with E-state index >= 15 is 0 Å². The van der Waals surface area contributed by atoms with Crippen molar-refractivity contribution in [3.05, 3.63) is 42.2 Å². The number of fused-ring (bicyclic) bond motifs is 1. The molecule has 1 aromatic heterocycles. The van der Waals surface area contributed by atoms with E-state index in [2.05, 4.69) is 23.5 Å². The fourth-order valence-electron chi connectivity index (χ4n) is 2.37. The Kier molecular flexibility index (Phi) is 3.07. The Morgan fingerprint density at radius 3 is 2.94 bits per heavy atom. The fraction of sp³-hybridized carbons (Fsp3) is 0.333. The first kappa shape index (κ1) is 11.4. The number of benzene rings is 1. The third kappa shape index (κ3) is 2.14. The van der Waals surface area contributed by atoms with E-state index in [9.17, 15) is 0 Å². The molecule has 0 spiro atoms. The maximum atomic E-state index is 5.84. The van der Waals surface area contributed by atoms with Gasteiger partial charge in [0.1, 0.15) is 5.76 Å². The Morgan fingerprint density at radius 2 is 2.17 bits per heavy atom. The maximum Gasteiger partial charge on any atom is 0.176 e. The van der Waals surface area contributed by atoms with Gasteiger partial charge in [-0.1, -0.05) is 24.3 Å². The minimum absolute atomic E-state index is 0.556. The van der Waals surface area contributed by atoms with Crippen molar-refractivity contribution in [2.24, 2.45) is 0 Å². The van der Waals surface area contributed by atoms with E-state index in [0.29, 0.717) is 6.04 Å². The molecule has 3 rings (SSSR count). The summed E-state index contributed by atoms with van der Waals surface area (Å²) in [5.41, 5.74) is 0.835. The number of hydrogen-bond acceptors (Lipinski definition) is 3. The van der Waals surface area contributed by atoms with Gasteiger partial charge in [-0.15, -0.1) is 0 Å². The molecule has 0 saturated carbocycles. The minimum atomic E-state index is 0.556. The maximum absolute atomic E-state index is 5.84. The van der Waals surface area contributed by atoms with Crippen LogP contribution in [0.2, 0.25) is 0 Å². The first-order valence-electron chi connectivity index (χ1n) is 6.30. The molecule has 1 aliphatic carbocycles. The molecule has 1 aliphatic rings. The van der Waals surface area contributed by atoms with Crippen LogP contribution in [-0.4, -0.2) is 13.2 Å². The van der Waals surface area contributed by atoms with Crippen LogP contribution in [0.4, 0.5) is 0 Å². The summed E-state index contributed by atoms with van der Waals surface area (Å²) in [4.78, 5) is 0. The highest BCUT2D eigenvalue weighted by Gasteiger charge is 2.12. The van der Waals surface area contributed by atoms with Crippen molar-refractivity contribution in [3.8, 4) is 5.75 Å². The van der Waals surface area contributed by atoms with E-state index < -0.39 is 0 Å². The molecule has 0 aliphatic heterocycles. The SMILES string of the molecule is COc1cccc2cc(CNC3CC=CC3)oc12. The fourth-order valence-corrected chi connectivity index (χ4v) is 2.37. The molecule has 1 aromatic carbocycles. The van der Waals surface area contributed by atoms with Crippen LogP contribution >= 0.6 is 0 Å². The smallest absolute Gasteiger partial charge is 0.176 e. The number of rotatable bonds is 4. The van der Waals surface area contributed by atoms with Crippen molar-refractivity contribution in [2.75, 3.05) is 7.11 Å². The largest absolute Gasteiger partial charge is 0.493 e. The average molecular weight is 243 g/mol. The van der Waals surface area contributed by atoms with E-state index in [1.807, 2.05) is 18.2 Å². The zero-order valence-corrected chi connectivity index (χ0v) is 10.5. The number of para-hydroxylation sites is 1. The lowest BCUT2D eigenvalue weighted by molar-refractivity contribution is 0.404. The van der Waals surface area contributed by atoms with Crippen LogP contribution in [0.1, 0.15) is 18.6 Å². The van der Waals surface area contributed by atoms with E-state index in [1.165, 1.54) is 0 Å². The Hall–Kier alpha value is -1.74. The van der Waals surface area contributed by atoms with Crippen LogP contribution in [0.15, 0.2) is 40.8 Å². The number of ether oxygens (including phenoxy) is 1. The van der Waals surface area contributed by atoms with Gasteiger partial charge in [0.25, 0.3) is 0 Å². The van der Waals surface area contributed by atoms with Crippen LogP contribution in [0.3, 0.4) is 0 Å². The molecular formula is C15H17NO2.